The first-order valence-corrected chi connectivity index (χ1v) is 4.42. The van der Waals surface area contributed by atoms with Gasteiger partial charge in [0.1, 0.15) is 5.82 Å². The van der Waals surface area contributed by atoms with Gasteiger partial charge in [0.15, 0.2) is 0 Å². The van der Waals surface area contributed by atoms with E-state index in [4.69, 9.17) is 17.9 Å². The molecular weight excluding hydrogens is 222 g/mol. The average molecular weight is 230 g/mol. The summed E-state index contributed by atoms with van der Waals surface area (Å²) in [5, 5.41) is 8.46. The molecule has 0 heterocycles. The summed E-state index contributed by atoms with van der Waals surface area (Å²) in [6.07, 6.45) is 1.80. The van der Waals surface area contributed by atoms with E-state index < -0.39 is 0 Å². The summed E-state index contributed by atoms with van der Waals surface area (Å²) in [4.78, 5) is 3.37. The molecule has 0 aliphatic heterocycles. The second-order valence-electron chi connectivity index (χ2n) is 2.82. The molecular formula is C10H8FN2NaS. The zero-order valence-electron chi connectivity index (χ0n) is 8.62. The van der Waals surface area contributed by atoms with Gasteiger partial charge < -0.3 is 12.6 Å². The van der Waals surface area contributed by atoms with Crippen LogP contribution in [0.3, 0.4) is 0 Å². The van der Waals surface area contributed by atoms with Crippen molar-refractivity contribution in [3.63, 3.8) is 0 Å². The predicted octanol–water partition coefficient (Wildman–Crippen LogP) is -0.893. The molecule has 0 saturated carbocycles. The summed E-state index contributed by atoms with van der Waals surface area (Å²) in [6, 6.07) is 4.81. The Morgan fingerprint density at radius 2 is 2.27 bits per heavy atom. The van der Waals surface area contributed by atoms with Crippen LogP contribution in [0, 0.1) is 24.2 Å². The predicted molar refractivity (Wildman–Crippen MR) is 55.3 cm³/mol. The van der Waals surface area contributed by atoms with Gasteiger partial charge in [-0.05, 0) is 30.5 Å². The third-order valence-electron chi connectivity index (χ3n) is 1.86. The fourth-order valence-electron chi connectivity index (χ4n) is 1.14. The Morgan fingerprint density at radius 3 is 2.80 bits per heavy atom. The molecule has 1 aromatic carbocycles. The van der Waals surface area contributed by atoms with Gasteiger partial charge in [-0.15, -0.1) is 0 Å². The molecule has 0 N–H and O–H groups in total. The molecule has 0 aliphatic carbocycles. The zero-order chi connectivity index (χ0) is 10.6. The van der Waals surface area contributed by atoms with Crippen molar-refractivity contribution in [1.82, 2.24) is 0 Å². The van der Waals surface area contributed by atoms with Crippen molar-refractivity contribution >= 4 is 17.7 Å². The van der Waals surface area contributed by atoms with Crippen molar-refractivity contribution in [1.29, 1.82) is 5.26 Å². The number of hydrogen-bond donors (Lipinski definition) is 0. The number of rotatable bonds is 2. The molecule has 0 aromatic heterocycles. The van der Waals surface area contributed by atoms with Crippen LogP contribution in [0.4, 0.5) is 4.39 Å². The Labute approximate surface area is 116 Å². The van der Waals surface area contributed by atoms with Gasteiger partial charge in [-0.25, -0.2) is 9.38 Å². The molecule has 0 atom stereocenters. The van der Waals surface area contributed by atoms with E-state index in [-0.39, 0.29) is 46.8 Å². The van der Waals surface area contributed by atoms with Gasteiger partial charge in [0.25, 0.3) is 0 Å². The fourth-order valence-corrected chi connectivity index (χ4v) is 1.32. The minimum absolute atomic E-state index is 0. The molecule has 0 spiro atoms. The van der Waals surface area contributed by atoms with Gasteiger partial charge in [0.2, 0.25) is 6.19 Å². The van der Waals surface area contributed by atoms with Crippen LogP contribution in [0.25, 0.3) is 0 Å². The molecule has 0 aliphatic rings. The average Bonchev–Trinajstić information content (AvgIpc) is 2.12. The molecule has 0 unspecified atom stereocenters. The first-order valence-electron chi connectivity index (χ1n) is 4.02. The Hall–Kier alpha value is -0.470. The van der Waals surface area contributed by atoms with E-state index in [0.717, 1.165) is 5.56 Å². The van der Waals surface area contributed by atoms with Gasteiger partial charge in [0.05, 0.1) is 0 Å². The van der Waals surface area contributed by atoms with Crippen LogP contribution in [0.5, 0.6) is 0 Å². The molecule has 1 rings (SSSR count). The summed E-state index contributed by atoms with van der Waals surface area (Å²) in [7, 11) is 0. The van der Waals surface area contributed by atoms with Crippen LogP contribution in [0.2, 0.25) is 0 Å². The summed E-state index contributed by atoms with van der Waals surface area (Å²) in [5.74, 6) is -0.305. The van der Waals surface area contributed by atoms with Crippen LogP contribution >= 0.6 is 0 Å². The van der Waals surface area contributed by atoms with Gasteiger partial charge in [0, 0.05) is 0 Å². The Balaban J connectivity index is 0.00000196. The topological polar surface area (TPSA) is 36.1 Å². The van der Waals surface area contributed by atoms with E-state index in [2.05, 4.69) is 4.99 Å². The summed E-state index contributed by atoms with van der Waals surface area (Å²) < 4.78 is 13.3. The number of hydrogen-bond acceptors (Lipinski definition) is 3. The standard InChI is InChI=1S/C10H9FN2S.Na/c1-7-3-2-4-9(11)8(7)5-10(14)13-6-12;/h2-4H,5H2,1H3,(H,13,14);/q;+1/p-1. The van der Waals surface area contributed by atoms with Crippen LogP contribution in [-0.4, -0.2) is 5.04 Å². The maximum absolute atomic E-state index is 13.3. The minimum Gasteiger partial charge on any atom is -0.763 e. The normalized spacial score (nSPS) is 10.3. The van der Waals surface area contributed by atoms with Gasteiger partial charge >= 0.3 is 29.6 Å². The third kappa shape index (κ3) is 4.27. The Bertz CT molecular complexity index is 392. The molecule has 0 amide bonds. The van der Waals surface area contributed by atoms with Crippen LogP contribution < -0.4 is 29.6 Å². The quantitative estimate of drug-likeness (QED) is 0.217. The Morgan fingerprint density at radius 1 is 1.60 bits per heavy atom. The maximum Gasteiger partial charge on any atom is 1.00 e. The van der Waals surface area contributed by atoms with Gasteiger partial charge in [-0.1, -0.05) is 17.2 Å². The molecule has 15 heavy (non-hydrogen) atoms. The number of aryl methyl sites for hydroxylation is 1. The second-order valence-corrected chi connectivity index (χ2v) is 3.29. The SMILES string of the molecule is Cc1cccc(F)c1CC([S-])=NC#N.[Na+]. The van der Waals surface area contributed by atoms with Crippen molar-refractivity contribution < 1.29 is 33.9 Å². The van der Waals surface area contributed by atoms with E-state index in [1.165, 1.54) is 6.07 Å². The van der Waals surface area contributed by atoms with E-state index in [9.17, 15) is 4.39 Å². The third-order valence-corrected chi connectivity index (χ3v) is 2.09. The van der Waals surface area contributed by atoms with Crippen molar-refractivity contribution in [2.75, 3.05) is 0 Å². The molecule has 0 saturated heterocycles. The van der Waals surface area contributed by atoms with Gasteiger partial charge in [-0.3, -0.25) is 0 Å². The van der Waals surface area contributed by atoms with E-state index in [1.54, 1.807) is 25.2 Å². The van der Waals surface area contributed by atoms with E-state index in [0.29, 0.717) is 5.56 Å². The number of nitriles is 1. The number of aliphatic imine (C=N–C) groups is 1. The van der Waals surface area contributed by atoms with Crippen LogP contribution in [-0.2, 0) is 19.0 Å². The maximum atomic E-state index is 13.3. The van der Waals surface area contributed by atoms with Gasteiger partial charge in [-0.2, -0.15) is 5.26 Å². The van der Waals surface area contributed by atoms with Crippen molar-refractivity contribution in [3.05, 3.63) is 35.1 Å². The monoisotopic (exact) mass is 230 g/mol. The molecule has 0 fully saturated rings. The molecule has 0 bridgehead atoms. The molecule has 2 nitrogen and oxygen atoms in total. The minimum atomic E-state index is -0.305. The summed E-state index contributed by atoms with van der Waals surface area (Å²) in [5.41, 5.74) is 1.33. The van der Waals surface area contributed by atoms with Crippen LogP contribution in [0.1, 0.15) is 11.1 Å². The molecule has 0 radical (unpaired) electrons. The van der Waals surface area contributed by atoms with Crippen molar-refractivity contribution in [3.8, 4) is 6.19 Å². The number of halogens is 1. The first-order chi connectivity index (χ1) is 6.65. The largest absolute Gasteiger partial charge is 1.00 e. The van der Waals surface area contributed by atoms with Crippen molar-refractivity contribution in [2.24, 2.45) is 4.99 Å². The first kappa shape index (κ1) is 14.5. The summed E-state index contributed by atoms with van der Waals surface area (Å²) >= 11 is 4.80. The number of nitrogens with zero attached hydrogens (tertiary/aromatic N) is 2. The van der Waals surface area contributed by atoms with Crippen LogP contribution in [0.15, 0.2) is 23.2 Å². The van der Waals surface area contributed by atoms with E-state index >= 15 is 0 Å². The smallest absolute Gasteiger partial charge is 0.763 e. The molecule has 1 aromatic rings. The molecule has 5 heteroatoms. The fraction of sp³-hybridized carbons (Fsp3) is 0.200. The zero-order valence-corrected chi connectivity index (χ0v) is 11.4. The van der Waals surface area contributed by atoms with E-state index in [1.807, 2.05) is 0 Å². The van der Waals surface area contributed by atoms with Crippen molar-refractivity contribution in [2.45, 2.75) is 13.3 Å². The number of benzene rings is 1. The second kappa shape index (κ2) is 6.91. The molecule has 72 valence electrons. The Kier molecular flexibility index (Phi) is 6.70. The summed E-state index contributed by atoms with van der Waals surface area (Å²) in [6.45, 7) is 1.80.